The maximum Gasteiger partial charge on any atom is 0.333 e. The van der Waals surface area contributed by atoms with Crippen molar-refractivity contribution in [2.45, 2.75) is 39.4 Å². The highest BCUT2D eigenvalue weighted by molar-refractivity contribution is 5.87. The summed E-state index contributed by atoms with van der Waals surface area (Å²) in [6.07, 6.45) is -0.135. The molecule has 0 aliphatic carbocycles. The van der Waals surface area contributed by atoms with E-state index in [4.69, 9.17) is 14.6 Å². The number of hydrogen-bond acceptors (Lipinski definition) is 4. The molecular formula is C11H20O4. The Labute approximate surface area is 90.9 Å². The molecule has 2 unspecified atom stereocenters. The van der Waals surface area contributed by atoms with Crippen molar-refractivity contribution in [1.82, 2.24) is 0 Å². The first kappa shape index (κ1) is 14.1. The number of rotatable bonds is 7. The lowest BCUT2D eigenvalue weighted by atomic mass is 10.2. The van der Waals surface area contributed by atoms with Gasteiger partial charge < -0.3 is 14.6 Å². The molecule has 0 aliphatic heterocycles. The summed E-state index contributed by atoms with van der Waals surface area (Å²) in [5.41, 5.74) is 0.456. The molecule has 0 aromatic rings. The molecule has 0 saturated carbocycles. The summed E-state index contributed by atoms with van der Waals surface area (Å²) in [5, 5.41) is 8.96. The summed E-state index contributed by atoms with van der Waals surface area (Å²) < 4.78 is 10.2. The van der Waals surface area contributed by atoms with Gasteiger partial charge in [-0.2, -0.15) is 0 Å². The molecule has 0 aliphatic rings. The monoisotopic (exact) mass is 216 g/mol. The highest BCUT2D eigenvalue weighted by Crippen LogP contribution is 2.01. The quantitative estimate of drug-likeness (QED) is 0.514. The van der Waals surface area contributed by atoms with Gasteiger partial charge in [0, 0.05) is 5.57 Å². The van der Waals surface area contributed by atoms with Crippen LogP contribution in [0, 0.1) is 0 Å². The Morgan fingerprint density at radius 2 is 2.00 bits per heavy atom. The van der Waals surface area contributed by atoms with E-state index in [0.29, 0.717) is 12.0 Å². The highest BCUT2D eigenvalue weighted by Gasteiger charge is 2.10. The summed E-state index contributed by atoms with van der Waals surface area (Å²) in [4.78, 5) is 11.2. The van der Waals surface area contributed by atoms with Crippen LogP contribution in [0.5, 0.6) is 0 Å². The van der Waals surface area contributed by atoms with Gasteiger partial charge in [-0.3, -0.25) is 0 Å². The number of hydrogen-bond donors (Lipinski definition) is 1. The maximum absolute atomic E-state index is 11.2. The SMILES string of the molecule is C=C(CC)C(=O)OCC(C)OCC(C)O. The van der Waals surface area contributed by atoms with Crippen LogP contribution in [0.2, 0.25) is 0 Å². The van der Waals surface area contributed by atoms with E-state index in [9.17, 15) is 4.79 Å². The van der Waals surface area contributed by atoms with Gasteiger partial charge in [-0.05, 0) is 20.3 Å². The van der Waals surface area contributed by atoms with Gasteiger partial charge in [0.15, 0.2) is 0 Å². The zero-order valence-electron chi connectivity index (χ0n) is 9.66. The lowest BCUT2D eigenvalue weighted by molar-refractivity contribution is -0.143. The van der Waals surface area contributed by atoms with Gasteiger partial charge in [0.2, 0.25) is 0 Å². The number of carbonyl (C=O) groups is 1. The molecule has 4 nitrogen and oxygen atoms in total. The predicted octanol–water partition coefficient (Wildman–Crippen LogP) is 1.28. The second kappa shape index (κ2) is 7.43. The molecular weight excluding hydrogens is 196 g/mol. The van der Waals surface area contributed by atoms with E-state index in [-0.39, 0.29) is 25.3 Å². The molecule has 0 aromatic heterocycles. The highest BCUT2D eigenvalue weighted by atomic mass is 16.6. The Bertz CT molecular complexity index is 211. The van der Waals surface area contributed by atoms with Gasteiger partial charge in [0.1, 0.15) is 6.61 Å². The largest absolute Gasteiger partial charge is 0.460 e. The molecule has 0 heterocycles. The van der Waals surface area contributed by atoms with Crippen molar-refractivity contribution in [2.24, 2.45) is 0 Å². The Balaban J connectivity index is 3.66. The lowest BCUT2D eigenvalue weighted by Crippen LogP contribution is -2.23. The van der Waals surface area contributed by atoms with E-state index in [1.54, 1.807) is 13.8 Å². The molecule has 4 heteroatoms. The molecule has 0 aromatic carbocycles. The molecule has 0 fully saturated rings. The first-order valence-electron chi connectivity index (χ1n) is 5.11. The maximum atomic E-state index is 11.2. The Hall–Kier alpha value is -0.870. The van der Waals surface area contributed by atoms with Crippen LogP contribution in [0.25, 0.3) is 0 Å². The minimum Gasteiger partial charge on any atom is -0.460 e. The van der Waals surface area contributed by atoms with E-state index in [1.165, 1.54) is 0 Å². The summed E-state index contributed by atoms with van der Waals surface area (Å²) in [6, 6.07) is 0. The number of carbonyl (C=O) groups excluding carboxylic acids is 1. The molecule has 0 bridgehead atoms. The van der Waals surface area contributed by atoms with Crippen LogP contribution in [-0.2, 0) is 14.3 Å². The van der Waals surface area contributed by atoms with Crippen molar-refractivity contribution in [1.29, 1.82) is 0 Å². The number of ether oxygens (including phenoxy) is 2. The average Bonchev–Trinajstić information content (AvgIpc) is 2.21. The Morgan fingerprint density at radius 1 is 1.40 bits per heavy atom. The van der Waals surface area contributed by atoms with Crippen LogP contribution < -0.4 is 0 Å². The molecule has 2 atom stereocenters. The zero-order chi connectivity index (χ0) is 11.8. The van der Waals surface area contributed by atoms with E-state index >= 15 is 0 Å². The zero-order valence-corrected chi connectivity index (χ0v) is 9.66. The molecule has 1 N–H and O–H groups in total. The third kappa shape index (κ3) is 7.11. The molecule has 0 amide bonds. The van der Waals surface area contributed by atoms with Gasteiger partial charge in [0.05, 0.1) is 18.8 Å². The van der Waals surface area contributed by atoms with Crippen molar-refractivity contribution in [2.75, 3.05) is 13.2 Å². The summed E-state index contributed by atoms with van der Waals surface area (Å²) >= 11 is 0. The molecule has 0 rings (SSSR count). The molecule has 0 saturated heterocycles. The molecule has 0 spiro atoms. The van der Waals surface area contributed by atoms with Crippen molar-refractivity contribution >= 4 is 5.97 Å². The van der Waals surface area contributed by atoms with Crippen LogP contribution in [-0.4, -0.2) is 36.5 Å². The van der Waals surface area contributed by atoms with E-state index in [1.807, 2.05) is 6.92 Å². The van der Waals surface area contributed by atoms with E-state index in [0.717, 1.165) is 0 Å². The third-order valence-electron chi connectivity index (χ3n) is 1.79. The summed E-state index contributed by atoms with van der Waals surface area (Å²) in [7, 11) is 0. The van der Waals surface area contributed by atoms with Gasteiger partial charge in [0.25, 0.3) is 0 Å². The summed E-state index contributed by atoms with van der Waals surface area (Å²) in [6.45, 7) is 9.26. The van der Waals surface area contributed by atoms with Gasteiger partial charge in [-0.25, -0.2) is 4.79 Å². The molecule has 88 valence electrons. The van der Waals surface area contributed by atoms with Gasteiger partial charge in [-0.15, -0.1) is 0 Å². The van der Waals surface area contributed by atoms with Crippen LogP contribution in [0.1, 0.15) is 27.2 Å². The van der Waals surface area contributed by atoms with Crippen LogP contribution in [0.15, 0.2) is 12.2 Å². The van der Waals surface area contributed by atoms with Crippen LogP contribution in [0.3, 0.4) is 0 Å². The Kier molecular flexibility index (Phi) is 6.99. The minimum absolute atomic E-state index is 0.185. The second-order valence-electron chi connectivity index (χ2n) is 3.55. The van der Waals surface area contributed by atoms with Crippen molar-refractivity contribution < 1.29 is 19.4 Å². The standard InChI is InChI=1S/C11H20O4/c1-5-8(2)11(13)15-7-10(4)14-6-9(3)12/h9-10,12H,2,5-7H2,1,3-4H3. The fraction of sp³-hybridized carbons (Fsp3) is 0.727. The number of aliphatic hydroxyl groups excluding tert-OH is 1. The normalized spacial score (nSPS) is 14.4. The number of esters is 1. The smallest absolute Gasteiger partial charge is 0.333 e. The van der Waals surface area contributed by atoms with Crippen LogP contribution >= 0.6 is 0 Å². The van der Waals surface area contributed by atoms with Gasteiger partial charge >= 0.3 is 5.97 Å². The fourth-order valence-electron chi connectivity index (χ4n) is 0.791. The lowest BCUT2D eigenvalue weighted by Gasteiger charge is -2.14. The molecule has 15 heavy (non-hydrogen) atoms. The third-order valence-corrected chi connectivity index (χ3v) is 1.79. The fourth-order valence-corrected chi connectivity index (χ4v) is 0.791. The average molecular weight is 216 g/mol. The first-order chi connectivity index (χ1) is 6.97. The topological polar surface area (TPSA) is 55.8 Å². The van der Waals surface area contributed by atoms with Crippen LogP contribution in [0.4, 0.5) is 0 Å². The van der Waals surface area contributed by atoms with E-state index < -0.39 is 6.10 Å². The second-order valence-corrected chi connectivity index (χ2v) is 3.55. The van der Waals surface area contributed by atoms with Crippen molar-refractivity contribution in [3.8, 4) is 0 Å². The van der Waals surface area contributed by atoms with Crippen molar-refractivity contribution in [3.63, 3.8) is 0 Å². The van der Waals surface area contributed by atoms with Gasteiger partial charge in [-0.1, -0.05) is 13.5 Å². The molecule has 0 radical (unpaired) electrons. The van der Waals surface area contributed by atoms with E-state index in [2.05, 4.69) is 6.58 Å². The number of aliphatic hydroxyl groups is 1. The minimum atomic E-state index is -0.506. The predicted molar refractivity (Wildman–Crippen MR) is 57.5 cm³/mol. The summed E-state index contributed by atoms with van der Waals surface area (Å²) in [5.74, 6) is -0.384. The Morgan fingerprint density at radius 3 is 2.47 bits per heavy atom. The first-order valence-corrected chi connectivity index (χ1v) is 5.11. The van der Waals surface area contributed by atoms with Crippen molar-refractivity contribution in [3.05, 3.63) is 12.2 Å².